The summed E-state index contributed by atoms with van der Waals surface area (Å²) in [6.07, 6.45) is 0. The van der Waals surface area contributed by atoms with Gasteiger partial charge in [-0.3, -0.25) is 0 Å². The van der Waals surface area contributed by atoms with Crippen LogP contribution < -0.4 is 10.6 Å². The van der Waals surface area contributed by atoms with Crippen LogP contribution in [-0.4, -0.2) is 17.1 Å². The fourth-order valence-electron chi connectivity index (χ4n) is 1.59. The minimum atomic E-state index is -1.24. The number of rotatable bonds is 4. The van der Waals surface area contributed by atoms with Crippen LogP contribution in [0.4, 0.5) is 19.3 Å². The van der Waals surface area contributed by atoms with Crippen LogP contribution in [0.25, 0.3) is 0 Å². The lowest BCUT2D eigenvalue weighted by Crippen LogP contribution is -2.36. The van der Waals surface area contributed by atoms with Crippen molar-refractivity contribution in [2.75, 3.05) is 5.32 Å². The summed E-state index contributed by atoms with van der Waals surface area (Å²) in [6, 6.07) is 3.70. The van der Waals surface area contributed by atoms with E-state index >= 15 is 0 Å². The fraction of sp³-hybridized carbons (Fsp3) is 0.0769. The Labute approximate surface area is 122 Å². The van der Waals surface area contributed by atoms with Crippen LogP contribution in [0.15, 0.2) is 35.7 Å². The van der Waals surface area contributed by atoms with Gasteiger partial charge >= 0.3 is 12.0 Å². The number of halogens is 2. The van der Waals surface area contributed by atoms with Gasteiger partial charge in [0.05, 0.1) is 5.69 Å². The molecule has 0 aliphatic rings. The summed E-state index contributed by atoms with van der Waals surface area (Å²) in [5.74, 6) is -2.97. The molecule has 3 N–H and O–H groups in total. The van der Waals surface area contributed by atoms with Crippen molar-refractivity contribution < 1.29 is 23.5 Å². The number of hydrogen-bond donors (Lipinski definition) is 3. The maximum absolute atomic E-state index is 13.4. The van der Waals surface area contributed by atoms with E-state index in [0.29, 0.717) is 10.9 Å². The molecule has 5 nitrogen and oxygen atoms in total. The third-order valence-electron chi connectivity index (χ3n) is 2.53. The summed E-state index contributed by atoms with van der Waals surface area (Å²) in [5, 5.41) is 15.1. The van der Waals surface area contributed by atoms with Crippen LogP contribution in [0.3, 0.4) is 0 Å². The molecular formula is C13H10F2N2O3S. The van der Waals surface area contributed by atoms with Crippen molar-refractivity contribution in [2.24, 2.45) is 0 Å². The Balaban J connectivity index is 2.08. The van der Waals surface area contributed by atoms with Gasteiger partial charge in [-0.25, -0.2) is 18.4 Å². The Hall–Kier alpha value is -2.48. The Kier molecular flexibility index (Phi) is 4.49. The highest BCUT2D eigenvalue weighted by Crippen LogP contribution is 2.20. The number of nitrogens with one attached hydrogen (secondary N) is 2. The van der Waals surface area contributed by atoms with E-state index in [4.69, 9.17) is 5.11 Å². The molecule has 1 atom stereocenters. The smallest absolute Gasteiger partial charge is 0.331 e. The standard InChI is InChI=1S/C13H10F2N2O3S/c14-7-3-4-9(8(15)6-7)16-13(20)17-11(12(18)19)10-2-1-5-21-10/h1-6,11H,(H,18,19)(H2,16,17,20). The van der Waals surface area contributed by atoms with Crippen molar-refractivity contribution >= 4 is 29.0 Å². The average molecular weight is 312 g/mol. The third kappa shape index (κ3) is 3.76. The maximum Gasteiger partial charge on any atom is 0.331 e. The SMILES string of the molecule is O=C(Nc1ccc(F)cc1F)NC(C(=O)O)c1cccs1. The number of carboxylic acids is 1. The zero-order valence-corrected chi connectivity index (χ0v) is 11.3. The first-order valence-corrected chi connectivity index (χ1v) is 6.64. The van der Waals surface area contributed by atoms with Gasteiger partial charge in [0.2, 0.25) is 0 Å². The molecule has 1 unspecified atom stereocenters. The lowest BCUT2D eigenvalue weighted by atomic mass is 10.2. The van der Waals surface area contributed by atoms with E-state index in [1.165, 1.54) is 11.3 Å². The molecule has 0 spiro atoms. The quantitative estimate of drug-likeness (QED) is 0.812. The van der Waals surface area contributed by atoms with Crippen LogP contribution in [0, 0.1) is 11.6 Å². The number of hydrogen-bond acceptors (Lipinski definition) is 3. The highest BCUT2D eigenvalue weighted by molar-refractivity contribution is 7.10. The number of carbonyl (C=O) groups excluding carboxylic acids is 1. The van der Waals surface area contributed by atoms with Crippen LogP contribution in [0.2, 0.25) is 0 Å². The van der Waals surface area contributed by atoms with Crippen molar-refractivity contribution in [3.05, 3.63) is 52.2 Å². The number of carbonyl (C=O) groups is 2. The van der Waals surface area contributed by atoms with Crippen LogP contribution in [-0.2, 0) is 4.79 Å². The molecule has 0 bridgehead atoms. The summed E-state index contributed by atoms with van der Waals surface area (Å²) in [7, 11) is 0. The number of carboxylic acid groups (broad SMARTS) is 1. The van der Waals surface area contributed by atoms with Gasteiger partial charge in [0.15, 0.2) is 6.04 Å². The van der Waals surface area contributed by atoms with Crippen molar-refractivity contribution in [1.29, 1.82) is 0 Å². The molecule has 1 aromatic heterocycles. The zero-order valence-electron chi connectivity index (χ0n) is 10.5. The van der Waals surface area contributed by atoms with Gasteiger partial charge in [0.25, 0.3) is 0 Å². The van der Waals surface area contributed by atoms with Gasteiger partial charge in [-0.1, -0.05) is 6.07 Å². The molecule has 0 saturated carbocycles. The van der Waals surface area contributed by atoms with E-state index in [1.807, 2.05) is 0 Å². The second kappa shape index (κ2) is 6.31. The van der Waals surface area contributed by atoms with Gasteiger partial charge in [0, 0.05) is 10.9 Å². The third-order valence-corrected chi connectivity index (χ3v) is 3.47. The van der Waals surface area contributed by atoms with E-state index < -0.39 is 29.7 Å². The number of anilines is 1. The molecule has 0 radical (unpaired) electrons. The molecule has 0 saturated heterocycles. The molecule has 21 heavy (non-hydrogen) atoms. The summed E-state index contributed by atoms with van der Waals surface area (Å²) >= 11 is 1.17. The van der Waals surface area contributed by atoms with Crippen LogP contribution in [0.5, 0.6) is 0 Å². The molecule has 0 fully saturated rings. The number of urea groups is 1. The highest BCUT2D eigenvalue weighted by atomic mass is 32.1. The molecule has 2 aromatic rings. The Morgan fingerprint density at radius 3 is 2.57 bits per heavy atom. The van der Waals surface area contributed by atoms with Gasteiger partial charge in [-0.15, -0.1) is 11.3 Å². The molecule has 0 aliphatic carbocycles. The van der Waals surface area contributed by atoms with E-state index in [2.05, 4.69) is 10.6 Å². The first kappa shape index (κ1) is 14.9. The maximum atomic E-state index is 13.4. The van der Waals surface area contributed by atoms with Crippen LogP contribution in [0.1, 0.15) is 10.9 Å². The predicted octanol–water partition coefficient (Wildman–Crippen LogP) is 2.97. The average Bonchev–Trinajstić information content (AvgIpc) is 2.92. The van der Waals surface area contributed by atoms with Crippen molar-refractivity contribution in [1.82, 2.24) is 5.32 Å². The normalized spacial score (nSPS) is 11.7. The van der Waals surface area contributed by atoms with Gasteiger partial charge in [0.1, 0.15) is 11.6 Å². The first-order valence-electron chi connectivity index (χ1n) is 5.76. The highest BCUT2D eigenvalue weighted by Gasteiger charge is 2.23. The van der Waals surface area contributed by atoms with E-state index in [9.17, 15) is 18.4 Å². The molecule has 2 rings (SSSR count). The molecule has 1 aromatic carbocycles. The largest absolute Gasteiger partial charge is 0.479 e. The predicted molar refractivity (Wildman–Crippen MR) is 73.2 cm³/mol. The van der Waals surface area contributed by atoms with Crippen molar-refractivity contribution in [2.45, 2.75) is 6.04 Å². The molecular weight excluding hydrogens is 302 g/mol. The van der Waals surface area contributed by atoms with E-state index in [0.717, 1.165) is 12.1 Å². The summed E-state index contributed by atoms with van der Waals surface area (Å²) < 4.78 is 26.1. The minimum absolute atomic E-state index is 0.246. The summed E-state index contributed by atoms with van der Waals surface area (Å²) in [4.78, 5) is 23.3. The number of amides is 2. The van der Waals surface area contributed by atoms with E-state index in [1.54, 1.807) is 17.5 Å². The van der Waals surface area contributed by atoms with Gasteiger partial charge < -0.3 is 15.7 Å². The number of thiophene rings is 1. The number of aliphatic carboxylic acids is 1. The monoisotopic (exact) mass is 312 g/mol. The summed E-state index contributed by atoms with van der Waals surface area (Å²) in [5.41, 5.74) is -0.246. The van der Waals surface area contributed by atoms with E-state index in [-0.39, 0.29) is 5.69 Å². The van der Waals surface area contributed by atoms with Crippen molar-refractivity contribution in [3.63, 3.8) is 0 Å². The first-order chi connectivity index (χ1) is 9.97. The molecule has 110 valence electrons. The molecule has 2 amide bonds. The van der Waals surface area contributed by atoms with Crippen molar-refractivity contribution in [3.8, 4) is 0 Å². The minimum Gasteiger partial charge on any atom is -0.479 e. The van der Waals surface area contributed by atoms with Crippen LogP contribution >= 0.6 is 11.3 Å². The Morgan fingerprint density at radius 1 is 1.24 bits per heavy atom. The Morgan fingerprint density at radius 2 is 2.00 bits per heavy atom. The van der Waals surface area contributed by atoms with Gasteiger partial charge in [-0.2, -0.15) is 0 Å². The Bertz CT molecular complexity index is 661. The fourth-order valence-corrected chi connectivity index (χ4v) is 2.36. The second-order valence-corrected chi connectivity index (χ2v) is 4.99. The molecule has 1 heterocycles. The summed E-state index contributed by atoms with van der Waals surface area (Å²) in [6.45, 7) is 0. The lowest BCUT2D eigenvalue weighted by Gasteiger charge is -2.14. The topological polar surface area (TPSA) is 78.4 Å². The zero-order chi connectivity index (χ0) is 15.4. The second-order valence-electron chi connectivity index (χ2n) is 4.01. The number of benzene rings is 1. The lowest BCUT2D eigenvalue weighted by molar-refractivity contribution is -0.139. The van der Waals surface area contributed by atoms with Gasteiger partial charge in [-0.05, 0) is 23.6 Å². The molecule has 8 heteroatoms. The molecule has 0 aliphatic heterocycles.